The van der Waals surface area contributed by atoms with Crippen molar-refractivity contribution in [2.75, 3.05) is 0 Å². The van der Waals surface area contributed by atoms with Gasteiger partial charge in [0.2, 0.25) is 0 Å². The van der Waals surface area contributed by atoms with Crippen LogP contribution in [-0.2, 0) is 0 Å². The number of fused-ring (bicyclic) bond motifs is 1. The smallest absolute Gasteiger partial charge is 0.278 e. The Morgan fingerprint density at radius 3 is 2.88 bits per heavy atom. The molecule has 0 spiro atoms. The molecule has 1 fully saturated rings. The van der Waals surface area contributed by atoms with Crippen molar-refractivity contribution >= 4 is 21.7 Å². The molecule has 0 aromatic carbocycles. The van der Waals surface area contributed by atoms with E-state index in [9.17, 15) is 4.79 Å². The van der Waals surface area contributed by atoms with Crippen molar-refractivity contribution in [3.63, 3.8) is 0 Å². The summed E-state index contributed by atoms with van der Waals surface area (Å²) in [6.45, 7) is 0. The Morgan fingerprint density at radius 2 is 2.12 bits per heavy atom. The van der Waals surface area contributed by atoms with Crippen molar-refractivity contribution in [2.45, 2.75) is 38.0 Å². The third-order valence-electron chi connectivity index (χ3n) is 3.17. The molecule has 1 aliphatic rings. The second-order valence-electron chi connectivity index (χ2n) is 4.27. The molecule has 1 aliphatic carbocycles. The van der Waals surface area contributed by atoms with Crippen molar-refractivity contribution in [2.24, 2.45) is 0 Å². The summed E-state index contributed by atoms with van der Waals surface area (Å²) >= 11 is 1.58. The zero-order valence-electron chi connectivity index (χ0n) is 8.90. The van der Waals surface area contributed by atoms with E-state index >= 15 is 0 Å². The van der Waals surface area contributed by atoms with Gasteiger partial charge in [-0.25, -0.2) is 9.97 Å². The average molecular weight is 235 g/mol. The van der Waals surface area contributed by atoms with E-state index in [1.165, 1.54) is 38.4 Å². The van der Waals surface area contributed by atoms with Gasteiger partial charge in [-0.05, 0) is 12.8 Å². The van der Waals surface area contributed by atoms with Crippen molar-refractivity contribution in [3.8, 4) is 0 Å². The summed E-state index contributed by atoms with van der Waals surface area (Å²) in [6.07, 6.45) is 7.76. The molecular weight excluding hydrogens is 222 g/mol. The summed E-state index contributed by atoms with van der Waals surface area (Å²) in [7, 11) is 0. The molecule has 0 aliphatic heterocycles. The van der Waals surface area contributed by atoms with Gasteiger partial charge in [-0.1, -0.05) is 30.6 Å². The Balaban J connectivity index is 2.04. The number of aromatic nitrogens is 3. The monoisotopic (exact) mass is 235 g/mol. The zero-order valence-corrected chi connectivity index (χ0v) is 9.72. The third kappa shape index (κ3) is 1.65. The van der Waals surface area contributed by atoms with Gasteiger partial charge in [0.25, 0.3) is 5.56 Å². The van der Waals surface area contributed by atoms with Gasteiger partial charge >= 0.3 is 0 Å². The van der Waals surface area contributed by atoms with Crippen LogP contribution in [0.4, 0.5) is 0 Å². The van der Waals surface area contributed by atoms with Crippen LogP contribution < -0.4 is 5.56 Å². The summed E-state index contributed by atoms with van der Waals surface area (Å²) in [4.78, 5) is 23.5. The van der Waals surface area contributed by atoms with Crippen molar-refractivity contribution < 1.29 is 0 Å². The second kappa shape index (κ2) is 3.97. The first-order valence-corrected chi connectivity index (χ1v) is 6.50. The molecule has 0 amide bonds. The van der Waals surface area contributed by atoms with Gasteiger partial charge < -0.3 is 4.98 Å². The lowest BCUT2D eigenvalue weighted by atomic mass is 9.90. The van der Waals surface area contributed by atoms with Crippen LogP contribution in [0.3, 0.4) is 0 Å². The molecule has 2 heterocycles. The first-order chi connectivity index (χ1) is 7.84. The Hall–Kier alpha value is -1.23. The van der Waals surface area contributed by atoms with E-state index in [1.807, 2.05) is 0 Å². The molecule has 1 N–H and O–H groups in total. The standard InChI is InChI=1S/C11H13N3OS/c15-9-8-11(13-6-12-9)16-10(14-8)7-4-2-1-3-5-7/h6-7H,1-5H2,(H,12,13,15). The van der Waals surface area contributed by atoms with Crippen molar-refractivity contribution in [1.29, 1.82) is 0 Å². The van der Waals surface area contributed by atoms with Gasteiger partial charge in [0, 0.05) is 5.92 Å². The van der Waals surface area contributed by atoms with Gasteiger partial charge in [-0.15, -0.1) is 0 Å². The first kappa shape index (κ1) is 9.96. The molecule has 0 saturated heterocycles. The predicted octanol–water partition coefficient (Wildman–Crippen LogP) is 2.43. The lowest BCUT2D eigenvalue weighted by molar-refractivity contribution is 0.443. The third-order valence-corrected chi connectivity index (χ3v) is 4.30. The fraction of sp³-hybridized carbons (Fsp3) is 0.545. The minimum absolute atomic E-state index is 0.122. The SMILES string of the molecule is O=c1[nH]cnc2sc(C3CCCCC3)nc12. The molecule has 1 saturated carbocycles. The Bertz CT molecular complexity index is 554. The Labute approximate surface area is 96.8 Å². The highest BCUT2D eigenvalue weighted by Crippen LogP contribution is 2.35. The molecule has 0 bridgehead atoms. The van der Waals surface area contributed by atoms with Crippen LogP contribution in [0.2, 0.25) is 0 Å². The lowest BCUT2D eigenvalue weighted by Gasteiger charge is -2.18. The van der Waals surface area contributed by atoms with Gasteiger partial charge in [-0.2, -0.15) is 0 Å². The van der Waals surface area contributed by atoms with Crippen LogP contribution in [0.25, 0.3) is 10.3 Å². The molecule has 84 valence electrons. The fourth-order valence-corrected chi connectivity index (χ4v) is 3.38. The molecule has 3 rings (SSSR count). The Morgan fingerprint density at radius 1 is 1.31 bits per heavy atom. The van der Waals surface area contributed by atoms with Crippen LogP contribution in [0.1, 0.15) is 43.0 Å². The molecule has 0 unspecified atom stereocenters. The molecule has 2 aromatic heterocycles. The van der Waals surface area contributed by atoms with Gasteiger partial charge in [0.15, 0.2) is 10.3 Å². The van der Waals surface area contributed by atoms with E-state index in [0.29, 0.717) is 11.4 Å². The molecule has 0 radical (unpaired) electrons. The largest absolute Gasteiger partial charge is 0.311 e. The number of H-pyrrole nitrogens is 1. The number of nitrogens with zero attached hydrogens (tertiary/aromatic N) is 2. The summed E-state index contributed by atoms with van der Waals surface area (Å²) in [5.74, 6) is 0.548. The lowest BCUT2D eigenvalue weighted by Crippen LogP contribution is -2.07. The number of rotatable bonds is 1. The topological polar surface area (TPSA) is 58.6 Å². The highest BCUT2D eigenvalue weighted by Gasteiger charge is 2.20. The van der Waals surface area contributed by atoms with Crippen LogP contribution in [-0.4, -0.2) is 15.0 Å². The van der Waals surface area contributed by atoms with E-state index in [0.717, 1.165) is 9.84 Å². The summed E-state index contributed by atoms with van der Waals surface area (Å²) < 4.78 is 0. The molecule has 5 heteroatoms. The number of aromatic amines is 1. The maximum Gasteiger partial charge on any atom is 0.278 e. The van der Waals surface area contributed by atoms with Crippen LogP contribution in [0.5, 0.6) is 0 Å². The zero-order chi connectivity index (χ0) is 11.0. The molecule has 16 heavy (non-hydrogen) atoms. The number of nitrogens with one attached hydrogen (secondary N) is 1. The number of hydrogen-bond acceptors (Lipinski definition) is 4. The minimum atomic E-state index is -0.122. The maximum absolute atomic E-state index is 11.5. The minimum Gasteiger partial charge on any atom is -0.311 e. The van der Waals surface area contributed by atoms with Gasteiger partial charge in [-0.3, -0.25) is 4.79 Å². The van der Waals surface area contributed by atoms with Crippen LogP contribution >= 0.6 is 11.3 Å². The highest BCUT2D eigenvalue weighted by atomic mass is 32.1. The van der Waals surface area contributed by atoms with E-state index in [2.05, 4.69) is 15.0 Å². The first-order valence-electron chi connectivity index (χ1n) is 5.69. The summed E-state index contributed by atoms with van der Waals surface area (Å²) in [5, 5.41) is 1.10. The highest BCUT2D eigenvalue weighted by molar-refractivity contribution is 7.18. The molecule has 4 nitrogen and oxygen atoms in total. The van der Waals surface area contributed by atoms with E-state index < -0.39 is 0 Å². The van der Waals surface area contributed by atoms with Crippen LogP contribution in [0, 0.1) is 0 Å². The molecule has 2 aromatic rings. The molecular formula is C11H13N3OS. The Kier molecular flexibility index (Phi) is 2.47. The van der Waals surface area contributed by atoms with Gasteiger partial charge in [0.05, 0.1) is 11.3 Å². The normalized spacial score (nSPS) is 18.0. The van der Waals surface area contributed by atoms with Gasteiger partial charge in [0.1, 0.15) is 0 Å². The maximum atomic E-state index is 11.5. The average Bonchev–Trinajstić information content (AvgIpc) is 2.76. The fourth-order valence-electron chi connectivity index (χ4n) is 2.31. The van der Waals surface area contributed by atoms with Crippen LogP contribution in [0.15, 0.2) is 11.1 Å². The summed E-state index contributed by atoms with van der Waals surface area (Å²) in [6, 6.07) is 0. The molecule has 0 atom stereocenters. The second-order valence-corrected chi connectivity index (χ2v) is 5.28. The van der Waals surface area contributed by atoms with Crippen molar-refractivity contribution in [3.05, 3.63) is 21.7 Å². The van der Waals surface area contributed by atoms with E-state index in [4.69, 9.17) is 0 Å². The van der Waals surface area contributed by atoms with E-state index in [1.54, 1.807) is 11.3 Å². The quantitative estimate of drug-likeness (QED) is 0.825. The number of hydrogen-bond donors (Lipinski definition) is 1. The summed E-state index contributed by atoms with van der Waals surface area (Å²) in [5.41, 5.74) is 0.386. The number of thiazole rings is 1. The van der Waals surface area contributed by atoms with Crippen molar-refractivity contribution in [1.82, 2.24) is 15.0 Å². The van der Waals surface area contributed by atoms with E-state index in [-0.39, 0.29) is 5.56 Å². The predicted molar refractivity (Wildman–Crippen MR) is 63.9 cm³/mol.